The van der Waals surface area contributed by atoms with Gasteiger partial charge >= 0.3 is 0 Å². The van der Waals surface area contributed by atoms with Crippen LogP contribution in [0.25, 0.3) is 11.3 Å². The van der Waals surface area contributed by atoms with Crippen molar-refractivity contribution in [2.75, 3.05) is 0 Å². The summed E-state index contributed by atoms with van der Waals surface area (Å²) in [7, 11) is 0. The summed E-state index contributed by atoms with van der Waals surface area (Å²) in [5.41, 5.74) is 2.23. The molecule has 0 atom stereocenters. The summed E-state index contributed by atoms with van der Waals surface area (Å²) in [6.45, 7) is 1.76. The molecule has 4 heteroatoms. The van der Waals surface area contributed by atoms with Gasteiger partial charge < -0.3 is 4.98 Å². The maximum Gasteiger partial charge on any atom is 0.250 e. The molecule has 1 N–H and O–H groups in total. The molecule has 0 radical (unpaired) electrons. The number of rotatable bonds is 1. The second-order valence-electron chi connectivity index (χ2n) is 2.99. The van der Waals surface area contributed by atoms with Crippen molar-refractivity contribution in [3.8, 4) is 11.3 Å². The van der Waals surface area contributed by atoms with E-state index < -0.39 is 0 Å². The van der Waals surface area contributed by atoms with Crippen molar-refractivity contribution < 1.29 is 0 Å². The summed E-state index contributed by atoms with van der Waals surface area (Å²) >= 11 is 0. The zero-order valence-electron chi connectivity index (χ0n) is 7.69. The molecule has 2 aromatic heterocycles. The average Bonchev–Trinajstić information content (AvgIpc) is 2.23. The van der Waals surface area contributed by atoms with Gasteiger partial charge in [0.15, 0.2) is 0 Å². The summed E-state index contributed by atoms with van der Waals surface area (Å²) in [4.78, 5) is 21.8. The summed E-state index contributed by atoms with van der Waals surface area (Å²) in [6, 6.07) is 1.79. The van der Waals surface area contributed by atoms with Crippen LogP contribution in [0.2, 0.25) is 0 Å². The minimum absolute atomic E-state index is 0.0716. The van der Waals surface area contributed by atoms with E-state index in [0.29, 0.717) is 5.56 Å². The Bertz CT molecular complexity index is 490. The number of aromatic amines is 1. The molecule has 0 unspecified atom stereocenters. The number of H-pyrrole nitrogens is 1. The molecule has 0 aliphatic rings. The van der Waals surface area contributed by atoms with Crippen molar-refractivity contribution in [3.63, 3.8) is 0 Å². The fourth-order valence-corrected chi connectivity index (χ4v) is 1.19. The van der Waals surface area contributed by atoms with Crippen molar-refractivity contribution in [1.82, 2.24) is 15.0 Å². The summed E-state index contributed by atoms with van der Waals surface area (Å²) in [5.74, 6) is 0. The Labute approximate surface area is 80.7 Å². The third kappa shape index (κ3) is 1.54. The molecule has 0 saturated heterocycles. The van der Waals surface area contributed by atoms with Gasteiger partial charge in [0.05, 0.1) is 11.9 Å². The van der Waals surface area contributed by atoms with Gasteiger partial charge in [0.2, 0.25) is 0 Å². The molecule has 2 heterocycles. The Morgan fingerprint density at radius 2 is 2.21 bits per heavy atom. The van der Waals surface area contributed by atoms with Gasteiger partial charge in [-0.25, -0.2) is 0 Å². The van der Waals surface area contributed by atoms with E-state index in [0.717, 1.165) is 11.3 Å². The third-order valence-corrected chi connectivity index (χ3v) is 1.95. The first-order chi connectivity index (χ1) is 6.77. The molecule has 0 bridgehead atoms. The maximum atomic E-state index is 11.1. The van der Waals surface area contributed by atoms with Gasteiger partial charge in [-0.2, -0.15) is 0 Å². The highest BCUT2D eigenvalue weighted by molar-refractivity contribution is 5.56. The monoisotopic (exact) mass is 187 g/mol. The van der Waals surface area contributed by atoms with E-state index in [1.165, 1.54) is 0 Å². The first-order valence-electron chi connectivity index (χ1n) is 4.23. The molecule has 0 saturated carbocycles. The zero-order chi connectivity index (χ0) is 9.97. The fourth-order valence-electron chi connectivity index (χ4n) is 1.19. The predicted octanol–water partition coefficient (Wildman–Crippen LogP) is 1.14. The first kappa shape index (κ1) is 8.62. The van der Waals surface area contributed by atoms with Crippen LogP contribution in [0.3, 0.4) is 0 Å². The molecule has 2 rings (SSSR count). The molecule has 14 heavy (non-hydrogen) atoms. The first-order valence-corrected chi connectivity index (χ1v) is 4.23. The second kappa shape index (κ2) is 3.41. The van der Waals surface area contributed by atoms with Crippen LogP contribution in [0.5, 0.6) is 0 Å². The molecule has 0 spiro atoms. The van der Waals surface area contributed by atoms with Crippen molar-refractivity contribution in [1.29, 1.82) is 0 Å². The summed E-state index contributed by atoms with van der Waals surface area (Å²) in [5, 5.41) is 0. The number of pyridine rings is 1. The molecule has 4 nitrogen and oxygen atoms in total. The Hall–Kier alpha value is -1.97. The number of aryl methyl sites for hydroxylation is 1. The molecule has 70 valence electrons. The van der Waals surface area contributed by atoms with Crippen LogP contribution < -0.4 is 5.56 Å². The van der Waals surface area contributed by atoms with Gasteiger partial charge in [0, 0.05) is 29.7 Å². The molecule has 2 aromatic rings. The van der Waals surface area contributed by atoms with Crippen LogP contribution in [0.1, 0.15) is 5.56 Å². The van der Waals surface area contributed by atoms with Crippen LogP contribution >= 0.6 is 0 Å². The molecule has 0 aromatic carbocycles. The number of nitrogens with one attached hydrogen (secondary N) is 1. The molecular formula is C10H9N3O. The van der Waals surface area contributed by atoms with Crippen LogP contribution in [-0.2, 0) is 0 Å². The van der Waals surface area contributed by atoms with Crippen LogP contribution in [0.15, 0.2) is 35.6 Å². The summed E-state index contributed by atoms with van der Waals surface area (Å²) in [6.07, 6.45) is 6.53. The Kier molecular flexibility index (Phi) is 2.10. The minimum Gasteiger partial charge on any atom is -0.328 e. The van der Waals surface area contributed by atoms with Crippen molar-refractivity contribution in [3.05, 3.63) is 46.8 Å². The fraction of sp³-hybridized carbons (Fsp3) is 0.100. The maximum absolute atomic E-state index is 11.1. The van der Waals surface area contributed by atoms with Crippen LogP contribution in [-0.4, -0.2) is 15.0 Å². The van der Waals surface area contributed by atoms with E-state index in [4.69, 9.17) is 0 Å². The normalized spacial score (nSPS) is 10.1. The van der Waals surface area contributed by atoms with E-state index >= 15 is 0 Å². The molecule has 0 aliphatic heterocycles. The number of nitrogens with zero attached hydrogens (tertiary/aromatic N) is 2. The second-order valence-corrected chi connectivity index (χ2v) is 2.99. The highest BCUT2D eigenvalue weighted by Gasteiger charge is 2.00. The minimum atomic E-state index is -0.0716. The SMILES string of the molecule is Cc1cc(-c2cnccn2)c[nH]c1=O. The largest absolute Gasteiger partial charge is 0.328 e. The van der Waals surface area contributed by atoms with E-state index in [1.807, 2.05) is 0 Å². The van der Waals surface area contributed by atoms with Gasteiger partial charge in [0.25, 0.3) is 5.56 Å². The molecule has 0 fully saturated rings. The molecular weight excluding hydrogens is 178 g/mol. The van der Waals surface area contributed by atoms with Gasteiger partial charge in [0.1, 0.15) is 0 Å². The predicted molar refractivity (Wildman–Crippen MR) is 52.8 cm³/mol. The molecule has 0 aliphatic carbocycles. The topological polar surface area (TPSA) is 58.6 Å². The van der Waals surface area contributed by atoms with E-state index in [2.05, 4.69) is 15.0 Å². The highest BCUT2D eigenvalue weighted by Crippen LogP contribution is 2.12. The van der Waals surface area contributed by atoms with E-state index in [9.17, 15) is 4.79 Å². The highest BCUT2D eigenvalue weighted by atomic mass is 16.1. The molecule has 0 amide bonds. The quantitative estimate of drug-likeness (QED) is 0.728. The van der Waals surface area contributed by atoms with Crippen molar-refractivity contribution >= 4 is 0 Å². The van der Waals surface area contributed by atoms with Crippen molar-refractivity contribution in [2.45, 2.75) is 6.92 Å². The third-order valence-electron chi connectivity index (χ3n) is 1.95. The zero-order valence-corrected chi connectivity index (χ0v) is 7.69. The Morgan fingerprint density at radius 1 is 1.36 bits per heavy atom. The number of aromatic nitrogens is 3. The van der Waals surface area contributed by atoms with Gasteiger partial charge in [-0.1, -0.05) is 0 Å². The van der Waals surface area contributed by atoms with Crippen LogP contribution in [0.4, 0.5) is 0 Å². The van der Waals surface area contributed by atoms with E-state index in [-0.39, 0.29) is 5.56 Å². The Balaban J connectivity index is 2.54. The average molecular weight is 187 g/mol. The lowest BCUT2D eigenvalue weighted by Gasteiger charge is -1.99. The van der Waals surface area contributed by atoms with Crippen LogP contribution in [0, 0.1) is 6.92 Å². The van der Waals surface area contributed by atoms with Gasteiger partial charge in [-0.3, -0.25) is 14.8 Å². The standard InChI is InChI=1S/C10H9N3O/c1-7-4-8(5-13-10(7)14)9-6-11-2-3-12-9/h2-6H,1H3,(H,13,14). The number of hydrogen-bond acceptors (Lipinski definition) is 3. The smallest absolute Gasteiger partial charge is 0.250 e. The summed E-state index contributed by atoms with van der Waals surface area (Å²) < 4.78 is 0. The van der Waals surface area contributed by atoms with Gasteiger partial charge in [-0.05, 0) is 13.0 Å². The Morgan fingerprint density at radius 3 is 2.86 bits per heavy atom. The van der Waals surface area contributed by atoms with Gasteiger partial charge in [-0.15, -0.1) is 0 Å². The number of hydrogen-bond donors (Lipinski definition) is 1. The lowest BCUT2D eigenvalue weighted by Crippen LogP contribution is -2.08. The lowest BCUT2D eigenvalue weighted by molar-refractivity contribution is 1.15. The van der Waals surface area contributed by atoms with E-state index in [1.54, 1.807) is 37.8 Å². The van der Waals surface area contributed by atoms with Crippen molar-refractivity contribution in [2.24, 2.45) is 0 Å². The lowest BCUT2D eigenvalue weighted by atomic mass is 10.2.